The van der Waals surface area contributed by atoms with Crippen LogP contribution in [0.5, 0.6) is 5.75 Å². The van der Waals surface area contributed by atoms with Gasteiger partial charge in [-0.25, -0.2) is 9.59 Å². The highest BCUT2D eigenvalue weighted by Crippen LogP contribution is 2.40. The van der Waals surface area contributed by atoms with Gasteiger partial charge in [-0.15, -0.1) is 13.2 Å². The molecule has 0 spiro atoms. The maximum absolute atomic E-state index is 12.6. The van der Waals surface area contributed by atoms with E-state index in [0.29, 0.717) is 5.70 Å². The zero-order valence-corrected chi connectivity index (χ0v) is 15.7. The summed E-state index contributed by atoms with van der Waals surface area (Å²) in [7, 11) is 0. The van der Waals surface area contributed by atoms with Gasteiger partial charge in [0, 0.05) is 11.4 Å². The van der Waals surface area contributed by atoms with E-state index >= 15 is 0 Å². The predicted octanol–water partition coefficient (Wildman–Crippen LogP) is 3.86. The van der Waals surface area contributed by atoms with Crippen LogP contribution in [-0.4, -0.2) is 29.5 Å². The highest BCUT2D eigenvalue weighted by atomic mass is 19.4. The van der Waals surface area contributed by atoms with E-state index in [9.17, 15) is 27.9 Å². The number of carboxylic acids is 1. The summed E-state index contributed by atoms with van der Waals surface area (Å²) in [6.07, 6.45) is -5.37. The van der Waals surface area contributed by atoms with Gasteiger partial charge >= 0.3 is 18.3 Å². The van der Waals surface area contributed by atoms with Crippen molar-refractivity contribution in [2.45, 2.75) is 46.1 Å². The standard InChI is InChI=1S/C19H20F3NO5/c1-9(2)27-18(26)15-11(4)23-10(3)14(17(24)25)16(15)12-6-5-7-13(8-12)28-19(20,21)22/h5-9,16,23H,1-4H3,(H,24,25). The predicted molar refractivity (Wildman–Crippen MR) is 93.3 cm³/mol. The number of carbonyl (C=O) groups excluding carboxylic acids is 1. The molecule has 0 radical (unpaired) electrons. The van der Waals surface area contributed by atoms with Crippen molar-refractivity contribution in [1.82, 2.24) is 5.32 Å². The summed E-state index contributed by atoms with van der Waals surface area (Å²) in [6.45, 7) is 6.36. The lowest BCUT2D eigenvalue weighted by atomic mass is 9.80. The Morgan fingerprint density at radius 2 is 1.75 bits per heavy atom. The Bertz CT molecular complexity index is 855. The Morgan fingerprint density at radius 1 is 1.14 bits per heavy atom. The minimum atomic E-state index is -4.90. The van der Waals surface area contributed by atoms with Crippen LogP contribution in [0.25, 0.3) is 0 Å². The van der Waals surface area contributed by atoms with Gasteiger partial charge in [0.05, 0.1) is 23.2 Å². The van der Waals surface area contributed by atoms with E-state index in [4.69, 9.17) is 4.74 Å². The number of rotatable bonds is 5. The van der Waals surface area contributed by atoms with Crippen molar-refractivity contribution in [2.24, 2.45) is 0 Å². The quantitative estimate of drug-likeness (QED) is 0.732. The number of alkyl halides is 3. The molecule has 152 valence electrons. The molecule has 0 amide bonds. The Morgan fingerprint density at radius 3 is 2.29 bits per heavy atom. The molecule has 2 N–H and O–H groups in total. The number of esters is 1. The van der Waals surface area contributed by atoms with Crippen molar-refractivity contribution in [1.29, 1.82) is 0 Å². The van der Waals surface area contributed by atoms with Crippen molar-refractivity contribution in [3.05, 3.63) is 52.4 Å². The first kappa shape index (κ1) is 21.3. The lowest BCUT2D eigenvalue weighted by Crippen LogP contribution is -2.32. The third-order valence-electron chi connectivity index (χ3n) is 3.98. The van der Waals surface area contributed by atoms with E-state index in [2.05, 4.69) is 10.1 Å². The monoisotopic (exact) mass is 399 g/mol. The molecular weight excluding hydrogens is 379 g/mol. The minimum Gasteiger partial charge on any atom is -0.478 e. The van der Waals surface area contributed by atoms with Crippen molar-refractivity contribution in [2.75, 3.05) is 0 Å². The number of carbonyl (C=O) groups is 2. The van der Waals surface area contributed by atoms with Gasteiger partial charge in [0.2, 0.25) is 0 Å². The Hall–Kier alpha value is -2.97. The van der Waals surface area contributed by atoms with E-state index < -0.39 is 36.1 Å². The molecule has 9 heteroatoms. The highest BCUT2D eigenvalue weighted by Gasteiger charge is 2.38. The van der Waals surface area contributed by atoms with Crippen molar-refractivity contribution >= 4 is 11.9 Å². The van der Waals surface area contributed by atoms with Crippen molar-refractivity contribution in [3.63, 3.8) is 0 Å². The second-order valence-corrected chi connectivity index (χ2v) is 6.51. The maximum Gasteiger partial charge on any atom is 0.573 e. The first-order chi connectivity index (χ1) is 12.9. The lowest BCUT2D eigenvalue weighted by Gasteiger charge is -2.30. The number of hydrogen-bond acceptors (Lipinski definition) is 5. The number of halogens is 3. The summed E-state index contributed by atoms with van der Waals surface area (Å²) in [5, 5.41) is 12.5. The average molecular weight is 399 g/mol. The second-order valence-electron chi connectivity index (χ2n) is 6.51. The Balaban J connectivity index is 2.62. The smallest absolute Gasteiger partial charge is 0.478 e. The first-order valence-corrected chi connectivity index (χ1v) is 8.39. The molecular formula is C19H20F3NO5. The van der Waals surface area contributed by atoms with Crippen molar-refractivity contribution < 1.29 is 37.3 Å². The normalized spacial score (nSPS) is 17.5. The topological polar surface area (TPSA) is 84.9 Å². The molecule has 28 heavy (non-hydrogen) atoms. The summed E-state index contributed by atoms with van der Waals surface area (Å²) < 4.78 is 46.9. The molecule has 1 aromatic carbocycles. The SMILES string of the molecule is CC1=C(C(=O)O)C(c2cccc(OC(F)(F)F)c2)C(C(=O)OC(C)C)=C(C)N1. The fraction of sp³-hybridized carbons (Fsp3) is 0.368. The number of nitrogens with one attached hydrogen (secondary N) is 1. The zero-order valence-electron chi connectivity index (χ0n) is 15.7. The molecule has 6 nitrogen and oxygen atoms in total. The third-order valence-corrected chi connectivity index (χ3v) is 3.98. The maximum atomic E-state index is 12.6. The molecule has 1 atom stereocenters. The van der Waals surface area contributed by atoms with E-state index in [-0.39, 0.29) is 22.4 Å². The summed E-state index contributed by atoms with van der Waals surface area (Å²) >= 11 is 0. The number of dihydropyridines is 1. The Labute approximate surface area is 159 Å². The molecule has 1 aromatic rings. The molecule has 1 aliphatic heterocycles. The van der Waals surface area contributed by atoms with Gasteiger partial charge in [0.15, 0.2) is 0 Å². The fourth-order valence-electron chi connectivity index (χ4n) is 3.05. The van der Waals surface area contributed by atoms with Gasteiger partial charge in [0.1, 0.15) is 5.75 Å². The molecule has 0 aliphatic carbocycles. The van der Waals surface area contributed by atoms with Crippen LogP contribution < -0.4 is 10.1 Å². The van der Waals surface area contributed by atoms with Crippen molar-refractivity contribution in [3.8, 4) is 5.75 Å². The van der Waals surface area contributed by atoms with Gasteiger partial charge in [-0.1, -0.05) is 12.1 Å². The second kappa shape index (κ2) is 7.95. The van der Waals surface area contributed by atoms with Gasteiger partial charge in [-0.2, -0.15) is 0 Å². The van der Waals surface area contributed by atoms with Gasteiger partial charge in [0.25, 0.3) is 0 Å². The van der Waals surface area contributed by atoms with Gasteiger partial charge in [-0.05, 0) is 45.4 Å². The lowest BCUT2D eigenvalue weighted by molar-refractivity contribution is -0.274. The number of benzene rings is 1. The van der Waals surface area contributed by atoms with Crippen LogP contribution in [0.1, 0.15) is 39.2 Å². The van der Waals surface area contributed by atoms with Crippen LogP contribution in [-0.2, 0) is 14.3 Å². The molecule has 0 saturated heterocycles. The van der Waals surface area contributed by atoms with E-state index in [1.807, 2.05) is 0 Å². The van der Waals surface area contributed by atoms with Gasteiger partial charge in [-0.3, -0.25) is 0 Å². The molecule has 2 rings (SSSR count). The molecule has 0 bridgehead atoms. The van der Waals surface area contributed by atoms with Crippen LogP contribution in [0.15, 0.2) is 46.8 Å². The summed E-state index contributed by atoms with van der Waals surface area (Å²) in [5.74, 6) is -3.69. The molecule has 0 fully saturated rings. The minimum absolute atomic E-state index is 0.0147. The average Bonchev–Trinajstić information content (AvgIpc) is 2.51. The van der Waals surface area contributed by atoms with E-state index in [0.717, 1.165) is 12.1 Å². The fourth-order valence-corrected chi connectivity index (χ4v) is 3.05. The van der Waals surface area contributed by atoms with Crippen LogP contribution in [0.2, 0.25) is 0 Å². The number of carboxylic acid groups (broad SMARTS) is 1. The van der Waals surface area contributed by atoms with E-state index in [1.165, 1.54) is 19.1 Å². The van der Waals surface area contributed by atoms with Crippen LogP contribution in [0.3, 0.4) is 0 Å². The van der Waals surface area contributed by atoms with Gasteiger partial charge < -0.3 is 19.9 Å². The summed E-state index contributed by atoms with van der Waals surface area (Å²) in [5.41, 5.74) is 0.653. The number of aliphatic carboxylic acids is 1. The molecule has 1 unspecified atom stereocenters. The number of hydrogen-bond donors (Lipinski definition) is 2. The molecule has 0 aromatic heterocycles. The third kappa shape index (κ3) is 4.85. The summed E-state index contributed by atoms with van der Waals surface area (Å²) in [6, 6.07) is 4.90. The first-order valence-electron chi connectivity index (χ1n) is 8.39. The summed E-state index contributed by atoms with van der Waals surface area (Å²) in [4.78, 5) is 24.5. The Kier molecular flexibility index (Phi) is 6.06. The zero-order chi connectivity index (χ0) is 21.2. The molecule has 0 saturated carbocycles. The number of allylic oxidation sites excluding steroid dienone is 2. The number of ether oxygens (including phenoxy) is 2. The molecule has 1 heterocycles. The highest BCUT2D eigenvalue weighted by molar-refractivity contribution is 5.99. The molecule has 1 aliphatic rings. The van der Waals surface area contributed by atoms with Crippen LogP contribution >= 0.6 is 0 Å². The van der Waals surface area contributed by atoms with Crippen LogP contribution in [0.4, 0.5) is 13.2 Å². The van der Waals surface area contributed by atoms with Crippen LogP contribution in [0, 0.1) is 0 Å². The van der Waals surface area contributed by atoms with E-state index in [1.54, 1.807) is 20.8 Å². The largest absolute Gasteiger partial charge is 0.573 e.